The molecule has 13 rings (SSSR count). The van der Waals surface area contributed by atoms with Gasteiger partial charge in [-0.15, -0.1) is 0 Å². The third-order valence-corrected chi connectivity index (χ3v) is 13.6. The van der Waals surface area contributed by atoms with Crippen LogP contribution in [0.25, 0.3) is 106 Å². The van der Waals surface area contributed by atoms with E-state index in [1.165, 1.54) is 50.0 Å². The summed E-state index contributed by atoms with van der Waals surface area (Å²) in [6.07, 6.45) is 2.34. The average Bonchev–Trinajstić information content (AvgIpc) is 4.09. The Morgan fingerprint density at radius 2 is 0.894 bits per heavy atom. The fourth-order valence-corrected chi connectivity index (χ4v) is 10.6. The highest BCUT2D eigenvalue weighted by atomic mass is 15.1. The van der Waals surface area contributed by atoms with E-state index in [1.54, 1.807) is 0 Å². The molecule has 12 aromatic rings. The van der Waals surface area contributed by atoms with E-state index >= 15 is 0 Å². The Morgan fingerprint density at radius 1 is 0.394 bits per heavy atom. The van der Waals surface area contributed by atoms with Gasteiger partial charge in [-0.3, -0.25) is 9.13 Å². The molecule has 0 unspecified atom stereocenters. The maximum absolute atomic E-state index is 5.25. The van der Waals surface area contributed by atoms with Crippen LogP contribution in [0.1, 0.15) is 25.0 Å². The molecule has 66 heavy (non-hydrogen) atoms. The van der Waals surface area contributed by atoms with E-state index in [0.29, 0.717) is 0 Å². The van der Waals surface area contributed by atoms with Gasteiger partial charge in [-0.25, -0.2) is 9.97 Å². The Hall–Kier alpha value is -8.54. The molecule has 1 aliphatic rings. The molecule has 0 fully saturated rings. The van der Waals surface area contributed by atoms with Crippen LogP contribution in [0, 0.1) is 0 Å². The molecule has 0 radical (unpaired) electrons. The lowest BCUT2D eigenvalue weighted by molar-refractivity contribution is 0.630. The van der Waals surface area contributed by atoms with Gasteiger partial charge in [0.05, 0.1) is 44.6 Å². The summed E-state index contributed by atoms with van der Waals surface area (Å²) >= 11 is 0. The number of aromatic nitrogens is 5. The zero-order valence-corrected chi connectivity index (χ0v) is 36.6. The summed E-state index contributed by atoms with van der Waals surface area (Å²) < 4.78 is 7.06. The monoisotopic (exact) mass is 845 g/mol. The van der Waals surface area contributed by atoms with Gasteiger partial charge in [0.2, 0.25) is 0 Å². The number of nitrogens with zero attached hydrogens (tertiary/aromatic N) is 5. The Balaban J connectivity index is 1.00. The molecule has 0 saturated carbocycles. The average molecular weight is 846 g/mol. The zero-order valence-electron chi connectivity index (χ0n) is 36.6. The largest absolute Gasteiger partial charge is 0.315 e. The second-order valence-electron chi connectivity index (χ2n) is 17.9. The quantitative estimate of drug-likeness (QED) is 0.160. The summed E-state index contributed by atoms with van der Waals surface area (Å²) in [5.74, 6) is 1.78. The van der Waals surface area contributed by atoms with Gasteiger partial charge in [0.15, 0.2) is 0 Å². The van der Waals surface area contributed by atoms with Crippen molar-refractivity contribution in [1.29, 1.82) is 0 Å². The van der Waals surface area contributed by atoms with Gasteiger partial charge >= 0.3 is 0 Å². The molecule has 0 amide bonds. The number of para-hydroxylation sites is 5. The predicted octanol–water partition coefficient (Wildman–Crippen LogP) is 15.3. The van der Waals surface area contributed by atoms with Gasteiger partial charge in [0.25, 0.3) is 0 Å². The lowest BCUT2D eigenvalue weighted by Crippen LogP contribution is -2.27. The Morgan fingerprint density at radius 3 is 1.48 bits per heavy atom. The maximum Gasteiger partial charge on any atom is 0.145 e. The van der Waals surface area contributed by atoms with Gasteiger partial charge in [-0.05, 0) is 87.5 Å². The van der Waals surface area contributed by atoms with Crippen LogP contribution in [0.4, 0.5) is 0 Å². The van der Waals surface area contributed by atoms with E-state index < -0.39 is 0 Å². The number of imidazole rings is 2. The van der Waals surface area contributed by atoms with E-state index in [2.05, 4.69) is 252 Å². The maximum atomic E-state index is 5.25. The van der Waals surface area contributed by atoms with Gasteiger partial charge in [0.1, 0.15) is 11.6 Å². The van der Waals surface area contributed by atoms with Crippen molar-refractivity contribution in [3.05, 3.63) is 236 Å². The molecule has 312 valence electrons. The van der Waals surface area contributed by atoms with Crippen LogP contribution in [0.15, 0.2) is 225 Å². The number of hydrogen-bond acceptors (Lipinski definition) is 2. The van der Waals surface area contributed by atoms with Crippen LogP contribution in [0.2, 0.25) is 0 Å². The molecule has 0 aliphatic carbocycles. The Kier molecular flexibility index (Phi) is 8.49. The second kappa shape index (κ2) is 14.8. The van der Waals surface area contributed by atoms with Crippen molar-refractivity contribution in [2.75, 3.05) is 0 Å². The van der Waals surface area contributed by atoms with Gasteiger partial charge in [-0.1, -0.05) is 184 Å². The zero-order chi connectivity index (χ0) is 43.9. The van der Waals surface area contributed by atoms with Gasteiger partial charge < -0.3 is 4.57 Å². The van der Waals surface area contributed by atoms with E-state index in [0.717, 1.165) is 67.3 Å². The van der Waals surface area contributed by atoms with Crippen molar-refractivity contribution < 1.29 is 0 Å². The fraction of sp³-hybridized carbons (Fsp3) is 0.0492. The molecule has 9 aromatic carbocycles. The number of fused-ring (bicyclic) bond motifs is 4. The molecular formula is C61H43N5. The van der Waals surface area contributed by atoms with Crippen molar-refractivity contribution in [3.8, 4) is 73.2 Å². The normalized spacial score (nSPS) is 12.8. The number of benzene rings is 9. The molecule has 0 bridgehead atoms. The molecule has 0 N–H and O–H groups in total. The summed E-state index contributed by atoms with van der Waals surface area (Å²) in [6.45, 7) is 4.77. The van der Waals surface area contributed by atoms with E-state index in [1.807, 2.05) is 0 Å². The van der Waals surface area contributed by atoms with E-state index in [9.17, 15) is 0 Å². The highest BCUT2D eigenvalue weighted by Crippen LogP contribution is 2.50. The van der Waals surface area contributed by atoms with Crippen LogP contribution in [0.3, 0.4) is 0 Å². The summed E-state index contributed by atoms with van der Waals surface area (Å²) in [7, 11) is 0. The molecule has 5 nitrogen and oxygen atoms in total. The second-order valence-corrected chi connectivity index (χ2v) is 17.9. The first-order chi connectivity index (χ1) is 32.5. The first kappa shape index (κ1) is 38.0. The lowest BCUT2D eigenvalue weighted by Gasteiger charge is -2.36. The Labute approximate surface area is 383 Å². The standard InChI is InChI=1S/C61H43N5/c1-61(2)51-26-16-25-49-50(41-18-6-3-7-19-41)39-64(58(49)51)56-31-17-24-48(57(56)61)42-34-32-40(33-35-42)45-36-46(65-54-29-14-12-27-52(54)62-59(65)43-20-8-4-9-21-43)38-47(37-45)66-55-30-15-13-28-53(55)63-60(66)44-22-10-5-11-23-44/h3-39H,1-2H3. The van der Waals surface area contributed by atoms with Crippen molar-refractivity contribution >= 4 is 33.0 Å². The minimum atomic E-state index is -0.246. The van der Waals surface area contributed by atoms with Crippen LogP contribution in [-0.2, 0) is 5.41 Å². The van der Waals surface area contributed by atoms with Crippen molar-refractivity contribution in [3.63, 3.8) is 0 Å². The summed E-state index contributed by atoms with van der Waals surface area (Å²) in [6, 6.07) is 78.3. The van der Waals surface area contributed by atoms with Gasteiger partial charge in [0, 0.05) is 33.7 Å². The van der Waals surface area contributed by atoms with Crippen LogP contribution in [-0.4, -0.2) is 23.7 Å². The minimum Gasteiger partial charge on any atom is -0.315 e. The number of rotatable bonds is 7. The van der Waals surface area contributed by atoms with Crippen LogP contribution in [0.5, 0.6) is 0 Å². The highest BCUT2D eigenvalue weighted by molar-refractivity contribution is 6.01. The Bertz CT molecular complexity index is 3680. The van der Waals surface area contributed by atoms with Gasteiger partial charge in [-0.2, -0.15) is 0 Å². The molecule has 1 aliphatic heterocycles. The van der Waals surface area contributed by atoms with Crippen LogP contribution >= 0.6 is 0 Å². The topological polar surface area (TPSA) is 40.6 Å². The van der Waals surface area contributed by atoms with Crippen molar-refractivity contribution in [2.45, 2.75) is 19.3 Å². The smallest absolute Gasteiger partial charge is 0.145 e. The minimum absolute atomic E-state index is 0.246. The van der Waals surface area contributed by atoms with Crippen molar-refractivity contribution in [1.82, 2.24) is 23.7 Å². The third kappa shape index (κ3) is 5.87. The third-order valence-electron chi connectivity index (χ3n) is 13.6. The van der Waals surface area contributed by atoms with Crippen LogP contribution < -0.4 is 0 Å². The van der Waals surface area contributed by atoms with Crippen molar-refractivity contribution in [2.24, 2.45) is 0 Å². The molecule has 0 atom stereocenters. The molecule has 4 heterocycles. The molecule has 3 aromatic heterocycles. The fourth-order valence-electron chi connectivity index (χ4n) is 10.6. The van der Waals surface area contributed by atoms with E-state index in [4.69, 9.17) is 9.97 Å². The first-order valence-corrected chi connectivity index (χ1v) is 22.7. The molecule has 0 saturated heterocycles. The highest BCUT2D eigenvalue weighted by Gasteiger charge is 2.36. The molecule has 5 heteroatoms. The molecular weight excluding hydrogens is 803 g/mol. The SMILES string of the molecule is CC1(C)c2c(-c3ccc(-c4cc(-n5c(-c6ccccc6)nc6ccccc65)cc(-n5c(-c6ccccc6)nc6ccccc65)c4)cc3)cccc2-n2cc(-c3ccccc3)c3cccc1c32. The lowest BCUT2D eigenvalue weighted by atomic mass is 9.72. The predicted molar refractivity (Wildman–Crippen MR) is 272 cm³/mol. The number of hydrogen-bond donors (Lipinski definition) is 0. The summed E-state index contributed by atoms with van der Waals surface area (Å²) in [5.41, 5.74) is 20.2. The summed E-state index contributed by atoms with van der Waals surface area (Å²) in [4.78, 5) is 10.5. The molecule has 0 spiro atoms. The van der Waals surface area contributed by atoms with E-state index in [-0.39, 0.29) is 5.41 Å². The first-order valence-electron chi connectivity index (χ1n) is 22.7. The summed E-state index contributed by atoms with van der Waals surface area (Å²) in [5, 5.41) is 1.29.